The van der Waals surface area contributed by atoms with Crippen LogP contribution in [0, 0.1) is 11.3 Å². The van der Waals surface area contributed by atoms with E-state index in [1.807, 2.05) is 63.2 Å². The highest BCUT2D eigenvalue weighted by molar-refractivity contribution is 5.81. The van der Waals surface area contributed by atoms with Gasteiger partial charge in [-0.25, -0.2) is 5.01 Å². The van der Waals surface area contributed by atoms with Gasteiger partial charge in [0.2, 0.25) is 0 Å². The second kappa shape index (κ2) is 12.4. The molecule has 3 rings (SSSR count). The lowest BCUT2D eigenvalue weighted by Gasteiger charge is -2.33. The van der Waals surface area contributed by atoms with Gasteiger partial charge in [0.15, 0.2) is 0 Å². The molecule has 0 radical (unpaired) electrons. The monoisotopic (exact) mass is 479 g/mol. The van der Waals surface area contributed by atoms with E-state index < -0.39 is 12.1 Å². The maximum Gasteiger partial charge on any atom is 0.251 e. The summed E-state index contributed by atoms with van der Waals surface area (Å²) in [5.74, 6) is 0.210. The van der Waals surface area contributed by atoms with E-state index in [0.717, 1.165) is 42.5 Å². The number of hydrogen-bond donors (Lipinski definition) is 4. The Morgan fingerprint density at radius 2 is 1.91 bits per heavy atom. The Morgan fingerprint density at radius 1 is 1.17 bits per heavy atom. The fourth-order valence-electron chi connectivity index (χ4n) is 4.28. The molecule has 4 atom stereocenters. The number of nitrogens with one attached hydrogen (secondary N) is 1. The summed E-state index contributed by atoms with van der Waals surface area (Å²) in [4.78, 5) is 17.3. The van der Waals surface area contributed by atoms with Crippen LogP contribution in [0.2, 0.25) is 0 Å². The van der Waals surface area contributed by atoms with Crippen molar-refractivity contribution in [2.75, 3.05) is 6.54 Å². The van der Waals surface area contributed by atoms with Gasteiger partial charge in [-0.1, -0.05) is 63.3 Å². The van der Waals surface area contributed by atoms with E-state index in [-0.39, 0.29) is 23.9 Å². The normalized spacial score (nSPS) is 18.8. The van der Waals surface area contributed by atoms with Crippen LogP contribution in [-0.2, 0) is 11.3 Å². The molecule has 0 saturated heterocycles. The van der Waals surface area contributed by atoms with Gasteiger partial charge in [0, 0.05) is 30.9 Å². The summed E-state index contributed by atoms with van der Waals surface area (Å²) in [6.07, 6.45) is 9.31. The molecule has 0 fully saturated rings. The van der Waals surface area contributed by atoms with Crippen molar-refractivity contribution in [3.8, 4) is 11.3 Å². The van der Waals surface area contributed by atoms with Gasteiger partial charge in [0.05, 0.1) is 17.8 Å². The fraction of sp³-hybridized carbons (Fsp3) is 0.500. The van der Waals surface area contributed by atoms with Gasteiger partial charge in [0.1, 0.15) is 0 Å². The van der Waals surface area contributed by atoms with E-state index in [0.29, 0.717) is 12.5 Å². The highest BCUT2D eigenvalue weighted by Crippen LogP contribution is 2.24. The minimum absolute atomic E-state index is 0.217. The van der Waals surface area contributed by atoms with Crippen LogP contribution < -0.4 is 16.9 Å². The Morgan fingerprint density at radius 3 is 2.51 bits per heavy atom. The lowest BCUT2D eigenvalue weighted by Crippen LogP contribution is -2.56. The third-order valence-electron chi connectivity index (χ3n) is 6.66. The molecule has 0 saturated carbocycles. The third kappa shape index (κ3) is 8.25. The molecule has 2 aromatic rings. The molecule has 0 aliphatic heterocycles. The number of rotatable bonds is 10. The molecule has 1 heterocycles. The highest BCUT2D eigenvalue weighted by atomic mass is 16.3. The lowest BCUT2D eigenvalue weighted by atomic mass is 9.87. The first kappa shape index (κ1) is 27.0. The summed E-state index contributed by atoms with van der Waals surface area (Å²) in [5.41, 5.74) is 18.0. The number of allylic oxidation sites excluding steroid dienone is 2. The van der Waals surface area contributed by atoms with Crippen LogP contribution in [-0.4, -0.2) is 45.7 Å². The number of amides is 1. The zero-order valence-electron chi connectivity index (χ0n) is 21.2. The van der Waals surface area contributed by atoms with E-state index in [1.165, 1.54) is 0 Å². The van der Waals surface area contributed by atoms with Gasteiger partial charge >= 0.3 is 0 Å². The molecule has 1 aliphatic rings. The molecule has 0 spiro atoms. The number of hydrazine groups is 1. The van der Waals surface area contributed by atoms with E-state index >= 15 is 0 Å². The zero-order valence-corrected chi connectivity index (χ0v) is 21.2. The van der Waals surface area contributed by atoms with Crippen molar-refractivity contribution in [2.45, 2.75) is 71.2 Å². The van der Waals surface area contributed by atoms with Crippen molar-refractivity contribution in [3.63, 3.8) is 0 Å². The van der Waals surface area contributed by atoms with Crippen LogP contribution in [0.15, 0.2) is 60.8 Å². The highest BCUT2D eigenvalue weighted by Gasteiger charge is 2.30. The smallest absolute Gasteiger partial charge is 0.251 e. The summed E-state index contributed by atoms with van der Waals surface area (Å²) >= 11 is 0. The number of hydrogen-bond acceptors (Lipinski definition) is 6. The van der Waals surface area contributed by atoms with Gasteiger partial charge in [-0.15, -0.1) is 0 Å². The average Bonchev–Trinajstić information content (AvgIpc) is 2.84. The molecule has 6 N–H and O–H groups in total. The number of carbonyl (C=O) groups excluding carboxylic acids is 1. The topological polar surface area (TPSA) is 118 Å². The van der Waals surface area contributed by atoms with Gasteiger partial charge in [-0.2, -0.15) is 0 Å². The molecule has 4 unspecified atom stereocenters. The van der Waals surface area contributed by atoms with Crippen LogP contribution >= 0.6 is 0 Å². The Hall–Kier alpha value is -2.58. The molecule has 7 nitrogen and oxygen atoms in total. The SMILES string of the molecule is CC(C)(C)C(N)C(=O)NN(Cc1ccc(-c2ccccn2)cc1)CC(O)C(N)CC1CC=CCC1. The number of aliphatic hydroxyl groups is 1. The van der Waals surface area contributed by atoms with E-state index in [4.69, 9.17) is 11.5 Å². The molecular formula is C28H41N5O2. The van der Waals surface area contributed by atoms with Crippen LogP contribution in [0.25, 0.3) is 11.3 Å². The number of aromatic nitrogens is 1. The first-order valence-electron chi connectivity index (χ1n) is 12.5. The summed E-state index contributed by atoms with van der Waals surface area (Å²) in [6.45, 7) is 6.43. The predicted molar refractivity (Wildman–Crippen MR) is 141 cm³/mol. The van der Waals surface area contributed by atoms with Crippen LogP contribution in [0.3, 0.4) is 0 Å². The summed E-state index contributed by atoms with van der Waals surface area (Å²) in [5, 5.41) is 12.7. The predicted octanol–water partition coefficient (Wildman–Crippen LogP) is 3.39. The first-order chi connectivity index (χ1) is 16.6. The Bertz CT molecular complexity index is 956. The molecule has 1 amide bonds. The number of nitrogens with zero attached hydrogens (tertiary/aromatic N) is 2. The van der Waals surface area contributed by atoms with E-state index in [2.05, 4.69) is 22.6 Å². The van der Waals surface area contributed by atoms with E-state index in [1.54, 1.807) is 11.2 Å². The fourth-order valence-corrected chi connectivity index (χ4v) is 4.28. The number of aliphatic hydroxyl groups excluding tert-OH is 1. The van der Waals surface area contributed by atoms with E-state index in [9.17, 15) is 9.90 Å². The third-order valence-corrected chi connectivity index (χ3v) is 6.66. The standard InChI is InChI=1S/C28H41N5O2/c1-28(2,3)26(30)27(35)32-33(19-25(34)23(29)17-20-9-5-4-6-10-20)18-21-12-14-22(15-13-21)24-11-7-8-16-31-24/h4-5,7-8,11-16,20,23,25-26,34H,6,9-10,17-19,29-30H2,1-3H3,(H,32,35). The van der Waals surface area contributed by atoms with Crippen molar-refractivity contribution in [3.05, 3.63) is 66.4 Å². The molecule has 1 aromatic heterocycles. The first-order valence-corrected chi connectivity index (χ1v) is 12.5. The summed E-state index contributed by atoms with van der Waals surface area (Å²) < 4.78 is 0. The molecule has 35 heavy (non-hydrogen) atoms. The lowest BCUT2D eigenvalue weighted by molar-refractivity contribution is -0.130. The Kier molecular flexibility index (Phi) is 9.57. The van der Waals surface area contributed by atoms with Crippen molar-refractivity contribution in [2.24, 2.45) is 22.8 Å². The van der Waals surface area contributed by atoms with Gasteiger partial charge < -0.3 is 16.6 Å². The maximum atomic E-state index is 12.9. The second-order valence-corrected chi connectivity index (χ2v) is 10.7. The van der Waals surface area contributed by atoms with Gasteiger partial charge in [-0.3, -0.25) is 15.2 Å². The van der Waals surface area contributed by atoms with Crippen molar-refractivity contribution < 1.29 is 9.90 Å². The van der Waals surface area contributed by atoms with Crippen LogP contribution in [0.5, 0.6) is 0 Å². The molecule has 1 aliphatic carbocycles. The van der Waals surface area contributed by atoms with Crippen LogP contribution in [0.4, 0.5) is 0 Å². The minimum atomic E-state index is -0.778. The Labute approximate surface area is 209 Å². The summed E-state index contributed by atoms with van der Waals surface area (Å²) in [7, 11) is 0. The number of nitrogens with two attached hydrogens (primary N) is 2. The quantitative estimate of drug-likeness (QED) is 0.306. The Balaban J connectivity index is 1.69. The van der Waals surface area contributed by atoms with Crippen molar-refractivity contribution >= 4 is 5.91 Å². The maximum absolute atomic E-state index is 12.9. The minimum Gasteiger partial charge on any atom is -0.390 e. The zero-order chi connectivity index (χ0) is 25.4. The molecule has 7 heteroatoms. The number of carbonyl (C=O) groups is 1. The van der Waals surface area contributed by atoms with Crippen molar-refractivity contribution in [1.29, 1.82) is 0 Å². The van der Waals surface area contributed by atoms with Crippen molar-refractivity contribution in [1.82, 2.24) is 15.4 Å². The van der Waals surface area contributed by atoms with Gasteiger partial charge in [0.25, 0.3) is 5.91 Å². The van der Waals surface area contributed by atoms with Gasteiger partial charge in [-0.05, 0) is 54.7 Å². The second-order valence-electron chi connectivity index (χ2n) is 10.7. The number of benzene rings is 1. The molecule has 1 aromatic carbocycles. The average molecular weight is 480 g/mol. The molecular weight excluding hydrogens is 438 g/mol. The summed E-state index contributed by atoms with van der Waals surface area (Å²) in [6, 6.07) is 12.8. The van der Waals surface area contributed by atoms with Crippen LogP contribution in [0.1, 0.15) is 52.0 Å². The molecule has 190 valence electrons. The largest absolute Gasteiger partial charge is 0.390 e. The molecule has 0 bridgehead atoms. The number of pyridine rings is 1.